The van der Waals surface area contributed by atoms with Crippen LogP contribution >= 0.6 is 12.2 Å². The van der Waals surface area contributed by atoms with Crippen molar-refractivity contribution in [3.05, 3.63) is 71.0 Å². The number of nitrogens with one attached hydrogen (secondary N) is 1. The molecule has 2 aromatic carbocycles. The van der Waals surface area contributed by atoms with Gasteiger partial charge in [0.15, 0.2) is 0 Å². The molecule has 0 aliphatic carbocycles. The van der Waals surface area contributed by atoms with Gasteiger partial charge in [0.1, 0.15) is 10.8 Å². The predicted molar refractivity (Wildman–Crippen MR) is 76.1 cm³/mol. The van der Waals surface area contributed by atoms with E-state index in [9.17, 15) is 4.39 Å². The van der Waals surface area contributed by atoms with E-state index in [2.05, 4.69) is 11.4 Å². The second-order valence-corrected chi connectivity index (χ2v) is 4.41. The average molecular weight is 270 g/mol. The Labute approximate surface area is 116 Å². The van der Waals surface area contributed by atoms with Gasteiger partial charge in [0.2, 0.25) is 0 Å². The Morgan fingerprint density at radius 3 is 2.58 bits per heavy atom. The van der Waals surface area contributed by atoms with Crippen molar-refractivity contribution >= 4 is 17.2 Å². The quantitative estimate of drug-likeness (QED) is 0.870. The fourth-order valence-corrected chi connectivity index (χ4v) is 1.81. The van der Waals surface area contributed by atoms with Crippen molar-refractivity contribution in [1.29, 1.82) is 5.26 Å². The zero-order valence-electron chi connectivity index (χ0n) is 10.1. The van der Waals surface area contributed by atoms with Gasteiger partial charge in [-0.3, -0.25) is 0 Å². The van der Waals surface area contributed by atoms with E-state index in [1.165, 1.54) is 12.1 Å². The molecule has 0 aliphatic rings. The van der Waals surface area contributed by atoms with Gasteiger partial charge in [-0.1, -0.05) is 36.5 Å². The minimum absolute atomic E-state index is 0.306. The van der Waals surface area contributed by atoms with E-state index in [-0.39, 0.29) is 5.82 Å². The first-order valence-corrected chi connectivity index (χ1v) is 6.12. The molecule has 4 heteroatoms. The van der Waals surface area contributed by atoms with Crippen molar-refractivity contribution in [2.24, 2.45) is 0 Å². The van der Waals surface area contributed by atoms with Crippen molar-refractivity contribution < 1.29 is 4.39 Å². The molecule has 2 rings (SSSR count). The number of hydrogen-bond acceptors (Lipinski definition) is 2. The molecule has 0 spiro atoms. The summed E-state index contributed by atoms with van der Waals surface area (Å²) in [5.41, 5.74) is 2.29. The van der Waals surface area contributed by atoms with Crippen molar-refractivity contribution in [1.82, 2.24) is 5.32 Å². The second-order valence-electron chi connectivity index (χ2n) is 4.00. The van der Waals surface area contributed by atoms with E-state index in [4.69, 9.17) is 17.5 Å². The molecule has 0 aliphatic heterocycles. The van der Waals surface area contributed by atoms with E-state index in [1.54, 1.807) is 24.3 Å². The van der Waals surface area contributed by atoms with Crippen LogP contribution < -0.4 is 5.32 Å². The molecule has 0 fully saturated rings. The summed E-state index contributed by atoms with van der Waals surface area (Å²) >= 11 is 5.20. The molecule has 0 aromatic heterocycles. The van der Waals surface area contributed by atoms with Crippen molar-refractivity contribution in [2.45, 2.75) is 6.54 Å². The zero-order chi connectivity index (χ0) is 13.7. The number of halogens is 1. The van der Waals surface area contributed by atoms with E-state index in [0.29, 0.717) is 22.7 Å². The van der Waals surface area contributed by atoms with Crippen LogP contribution in [0.1, 0.15) is 16.7 Å². The lowest BCUT2D eigenvalue weighted by molar-refractivity contribution is 0.627. The van der Waals surface area contributed by atoms with Gasteiger partial charge in [-0.15, -0.1) is 0 Å². The van der Waals surface area contributed by atoms with Crippen LogP contribution in [0.2, 0.25) is 0 Å². The molecule has 1 N–H and O–H groups in total. The average Bonchev–Trinajstić information content (AvgIpc) is 2.45. The molecule has 0 unspecified atom stereocenters. The van der Waals surface area contributed by atoms with Crippen LogP contribution in [0.5, 0.6) is 0 Å². The summed E-state index contributed by atoms with van der Waals surface area (Å²) in [6.45, 7) is 0.543. The van der Waals surface area contributed by atoms with Gasteiger partial charge in [0.25, 0.3) is 0 Å². The molecular formula is C15H11FN2S. The Morgan fingerprint density at radius 2 is 1.95 bits per heavy atom. The number of hydrogen-bond donors (Lipinski definition) is 1. The summed E-state index contributed by atoms with van der Waals surface area (Å²) in [7, 11) is 0. The lowest BCUT2D eigenvalue weighted by atomic mass is 10.1. The fraction of sp³-hybridized carbons (Fsp3) is 0.0667. The van der Waals surface area contributed by atoms with E-state index < -0.39 is 0 Å². The standard InChI is InChI=1S/C15H11FN2S/c16-14-3-1-2-13(8-14)15(19)18-10-12-6-4-11(9-17)5-7-12/h1-8H,10H2,(H,18,19). The largest absolute Gasteiger partial charge is 0.372 e. The molecule has 0 heterocycles. The molecule has 0 saturated carbocycles. The third-order valence-electron chi connectivity index (χ3n) is 2.62. The predicted octanol–water partition coefficient (Wildman–Crippen LogP) is 3.16. The van der Waals surface area contributed by atoms with E-state index >= 15 is 0 Å². The summed E-state index contributed by atoms with van der Waals surface area (Å²) in [4.78, 5) is 0.504. The Balaban J connectivity index is 1.98. The third-order valence-corrected chi connectivity index (χ3v) is 3.00. The topological polar surface area (TPSA) is 35.8 Å². The molecule has 0 radical (unpaired) electrons. The van der Waals surface area contributed by atoms with Crippen LogP contribution in [0, 0.1) is 17.1 Å². The van der Waals surface area contributed by atoms with Crippen molar-refractivity contribution in [3.63, 3.8) is 0 Å². The van der Waals surface area contributed by atoms with Crippen LogP contribution in [0.25, 0.3) is 0 Å². The molecule has 0 amide bonds. The maximum absolute atomic E-state index is 13.1. The summed E-state index contributed by atoms with van der Waals surface area (Å²) < 4.78 is 13.1. The van der Waals surface area contributed by atoms with E-state index in [0.717, 1.165) is 5.56 Å². The minimum Gasteiger partial charge on any atom is -0.372 e. The highest BCUT2D eigenvalue weighted by Crippen LogP contribution is 2.06. The smallest absolute Gasteiger partial charge is 0.123 e. The van der Waals surface area contributed by atoms with Crippen LogP contribution in [0.4, 0.5) is 4.39 Å². The Kier molecular flexibility index (Phi) is 4.22. The normalized spacial score (nSPS) is 9.68. The maximum Gasteiger partial charge on any atom is 0.123 e. The number of benzene rings is 2. The molecule has 0 atom stereocenters. The summed E-state index contributed by atoms with van der Waals surface area (Å²) in [6.07, 6.45) is 0. The van der Waals surface area contributed by atoms with Crippen molar-refractivity contribution in [3.8, 4) is 6.07 Å². The highest BCUT2D eigenvalue weighted by Gasteiger charge is 2.02. The Bertz CT molecular complexity index is 629. The number of nitriles is 1. The van der Waals surface area contributed by atoms with Gasteiger partial charge in [-0.25, -0.2) is 4.39 Å². The van der Waals surface area contributed by atoms with Gasteiger partial charge in [0, 0.05) is 12.1 Å². The van der Waals surface area contributed by atoms with Gasteiger partial charge in [-0.2, -0.15) is 5.26 Å². The highest BCUT2D eigenvalue weighted by atomic mass is 32.1. The molecule has 2 nitrogen and oxygen atoms in total. The molecule has 2 aromatic rings. The van der Waals surface area contributed by atoms with Gasteiger partial charge < -0.3 is 5.32 Å². The number of thiocarbonyl (C=S) groups is 1. The summed E-state index contributed by atoms with van der Waals surface area (Å²) in [5, 5.41) is 11.8. The Hall–Kier alpha value is -2.25. The van der Waals surface area contributed by atoms with Crippen LogP contribution in [0.15, 0.2) is 48.5 Å². The second kappa shape index (κ2) is 6.07. The first-order valence-electron chi connectivity index (χ1n) is 5.72. The fourth-order valence-electron chi connectivity index (χ4n) is 1.61. The summed E-state index contributed by atoms with van der Waals surface area (Å²) in [5.74, 6) is -0.306. The highest BCUT2D eigenvalue weighted by molar-refractivity contribution is 7.80. The molecule has 19 heavy (non-hydrogen) atoms. The monoisotopic (exact) mass is 270 g/mol. The molecule has 0 saturated heterocycles. The van der Waals surface area contributed by atoms with Crippen molar-refractivity contribution in [2.75, 3.05) is 0 Å². The van der Waals surface area contributed by atoms with Crippen LogP contribution in [-0.4, -0.2) is 4.99 Å². The maximum atomic E-state index is 13.1. The number of nitrogens with zero attached hydrogens (tertiary/aromatic N) is 1. The Morgan fingerprint density at radius 1 is 1.21 bits per heavy atom. The van der Waals surface area contributed by atoms with Gasteiger partial charge in [-0.05, 0) is 29.8 Å². The molecular weight excluding hydrogens is 259 g/mol. The zero-order valence-corrected chi connectivity index (χ0v) is 10.9. The minimum atomic E-state index is -0.306. The molecule has 0 bridgehead atoms. The number of rotatable bonds is 3. The van der Waals surface area contributed by atoms with Gasteiger partial charge in [0.05, 0.1) is 11.6 Å². The van der Waals surface area contributed by atoms with Crippen LogP contribution in [-0.2, 0) is 6.54 Å². The first kappa shape index (κ1) is 13.2. The lowest BCUT2D eigenvalue weighted by Crippen LogP contribution is -2.21. The SMILES string of the molecule is N#Cc1ccc(CNC(=S)c2cccc(F)c2)cc1. The third kappa shape index (κ3) is 3.60. The van der Waals surface area contributed by atoms with Crippen LogP contribution in [0.3, 0.4) is 0 Å². The van der Waals surface area contributed by atoms with Gasteiger partial charge >= 0.3 is 0 Å². The summed E-state index contributed by atoms with van der Waals surface area (Å²) in [6, 6.07) is 15.5. The molecule has 94 valence electrons. The first-order chi connectivity index (χ1) is 9.19. The lowest BCUT2D eigenvalue weighted by Gasteiger charge is -2.08. The van der Waals surface area contributed by atoms with E-state index in [1.807, 2.05) is 12.1 Å².